The van der Waals surface area contributed by atoms with Crippen molar-refractivity contribution in [2.24, 2.45) is 5.92 Å². The van der Waals surface area contributed by atoms with Gasteiger partial charge < -0.3 is 5.32 Å². The Balaban J connectivity index is 1.38. The average molecular weight is 416 g/mol. The largest absolute Gasteiger partial charge is 0.348 e. The second-order valence-corrected chi connectivity index (χ2v) is 9.10. The Hall–Kier alpha value is -2.95. The number of hydrogen-bond donors (Lipinski definition) is 2. The molecule has 2 aliphatic carbocycles. The van der Waals surface area contributed by atoms with E-state index in [9.17, 15) is 4.79 Å². The second kappa shape index (κ2) is 9.04. The summed E-state index contributed by atoms with van der Waals surface area (Å²) in [5.41, 5.74) is 4.53. The maximum absolute atomic E-state index is 12.2. The molecular formula is C26H31N4O+. The number of carbonyl (C=O) groups is 1. The van der Waals surface area contributed by atoms with Crippen LogP contribution in [0.5, 0.6) is 0 Å². The van der Waals surface area contributed by atoms with Crippen molar-refractivity contribution in [3.8, 4) is 11.3 Å². The minimum absolute atomic E-state index is 0.0800. The fourth-order valence-corrected chi connectivity index (χ4v) is 4.90. The van der Waals surface area contributed by atoms with Crippen molar-refractivity contribution in [2.75, 3.05) is 0 Å². The number of H-pyrrole nitrogens is 1. The first-order chi connectivity index (χ1) is 15.3. The van der Waals surface area contributed by atoms with Crippen LogP contribution in [0.25, 0.3) is 11.3 Å². The molecule has 2 fully saturated rings. The van der Waals surface area contributed by atoms with Crippen LogP contribution in [0.15, 0.2) is 60.9 Å². The van der Waals surface area contributed by atoms with E-state index < -0.39 is 0 Å². The first kappa shape index (κ1) is 20.0. The molecule has 5 heteroatoms. The molecule has 1 unspecified atom stereocenters. The third-order valence-electron chi connectivity index (χ3n) is 6.63. The van der Waals surface area contributed by atoms with E-state index in [0.29, 0.717) is 24.4 Å². The summed E-state index contributed by atoms with van der Waals surface area (Å²) in [7, 11) is 0. The van der Waals surface area contributed by atoms with Crippen molar-refractivity contribution in [2.45, 2.75) is 63.5 Å². The third-order valence-corrected chi connectivity index (χ3v) is 6.63. The fraction of sp³-hybridized carbons (Fsp3) is 0.423. The van der Waals surface area contributed by atoms with Gasteiger partial charge in [0.05, 0.1) is 17.0 Å². The Labute approximate surface area is 183 Å². The number of nitrogens with one attached hydrogen (secondary N) is 2. The Kier molecular flexibility index (Phi) is 5.83. The zero-order valence-corrected chi connectivity index (χ0v) is 18.0. The normalized spacial score (nSPS) is 17.9. The van der Waals surface area contributed by atoms with Crippen LogP contribution in [0.4, 0.5) is 0 Å². The van der Waals surface area contributed by atoms with Gasteiger partial charge in [0.1, 0.15) is 0 Å². The molecule has 2 heterocycles. The highest BCUT2D eigenvalue weighted by Gasteiger charge is 2.29. The SMILES string of the molecule is O=C(C[n+]1cccc(-c2cc(C(c3ccccc3)C3CCCCC3)n[nH]2)c1)NC1CC1. The lowest BCUT2D eigenvalue weighted by Crippen LogP contribution is -2.43. The summed E-state index contributed by atoms with van der Waals surface area (Å²) in [6.45, 7) is 0.347. The van der Waals surface area contributed by atoms with Gasteiger partial charge in [-0.15, -0.1) is 0 Å². The summed E-state index contributed by atoms with van der Waals surface area (Å²) in [5.74, 6) is 1.04. The molecule has 2 aromatic heterocycles. The molecule has 2 aliphatic rings. The van der Waals surface area contributed by atoms with E-state index >= 15 is 0 Å². The molecular weight excluding hydrogens is 384 g/mol. The zero-order chi connectivity index (χ0) is 21.0. The minimum Gasteiger partial charge on any atom is -0.348 e. The van der Waals surface area contributed by atoms with Gasteiger partial charge in [0.15, 0.2) is 12.4 Å². The van der Waals surface area contributed by atoms with Gasteiger partial charge in [-0.25, -0.2) is 0 Å². The average Bonchev–Trinajstić information content (AvgIpc) is 3.48. The number of carbonyl (C=O) groups excluding carboxylic acids is 1. The molecule has 0 bridgehead atoms. The lowest BCUT2D eigenvalue weighted by molar-refractivity contribution is -0.684. The second-order valence-electron chi connectivity index (χ2n) is 9.10. The van der Waals surface area contributed by atoms with Crippen molar-refractivity contribution >= 4 is 5.91 Å². The van der Waals surface area contributed by atoms with Crippen LogP contribution in [-0.2, 0) is 11.3 Å². The Morgan fingerprint density at radius 3 is 2.65 bits per heavy atom. The summed E-state index contributed by atoms with van der Waals surface area (Å²) >= 11 is 0. The molecule has 5 nitrogen and oxygen atoms in total. The fourth-order valence-electron chi connectivity index (χ4n) is 4.90. The molecule has 0 aliphatic heterocycles. The molecule has 0 radical (unpaired) electrons. The highest BCUT2D eigenvalue weighted by atomic mass is 16.2. The number of hydrogen-bond acceptors (Lipinski definition) is 2. The standard InChI is InChI=1S/C26H30N4O/c31-25(27-22-13-14-22)18-30-15-7-12-21(17-30)23-16-24(29-28-23)26(19-8-3-1-4-9-19)20-10-5-2-6-11-20/h1,3-4,7-9,12,15-17,20,22,26H,2,5-6,10-11,13-14,18H2,(H-,27,28,29,31)/p+1. The number of aromatic amines is 1. The highest BCUT2D eigenvalue weighted by molar-refractivity contribution is 5.75. The first-order valence-corrected chi connectivity index (χ1v) is 11.7. The van der Waals surface area contributed by atoms with E-state index in [4.69, 9.17) is 5.10 Å². The van der Waals surface area contributed by atoms with Gasteiger partial charge in [-0.2, -0.15) is 9.67 Å². The van der Waals surface area contributed by atoms with Crippen molar-refractivity contribution in [3.63, 3.8) is 0 Å². The lowest BCUT2D eigenvalue weighted by Gasteiger charge is -2.29. The summed E-state index contributed by atoms with van der Waals surface area (Å²) in [5, 5.41) is 11.1. The van der Waals surface area contributed by atoms with Crippen LogP contribution >= 0.6 is 0 Å². The molecule has 2 N–H and O–H groups in total. The molecule has 5 rings (SSSR count). The van der Waals surface area contributed by atoms with Crippen LogP contribution in [0, 0.1) is 5.92 Å². The number of benzene rings is 1. The number of amides is 1. The Morgan fingerprint density at radius 2 is 1.87 bits per heavy atom. The van der Waals surface area contributed by atoms with Crippen LogP contribution in [-0.4, -0.2) is 22.1 Å². The lowest BCUT2D eigenvalue weighted by atomic mass is 9.75. The summed E-state index contributed by atoms with van der Waals surface area (Å²) in [6.07, 6.45) is 12.7. The van der Waals surface area contributed by atoms with Crippen molar-refractivity contribution in [3.05, 3.63) is 72.2 Å². The molecule has 160 valence electrons. The molecule has 0 spiro atoms. The molecule has 1 atom stereocenters. The van der Waals surface area contributed by atoms with E-state index in [1.807, 2.05) is 23.0 Å². The van der Waals surface area contributed by atoms with Gasteiger partial charge in [0.25, 0.3) is 5.91 Å². The van der Waals surface area contributed by atoms with Crippen LogP contribution in [0.3, 0.4) is 0 Å². The quantitative estimate of drug-likeness (QED) is 0.564. The predicted molar refractivity (Wildman–Crippen MR) is 120 cm³/mol. The maximum atomic E-state index is 12.2. The first-order valence-electron chi connectivity index (χ1n) is 11.7. The Morgan fingerprint density at radius 1 is 1.06 bits per heavy atom. The zero-order valence-electron chi connectivity index (χ0n) is 18.0. The smallest absolute Gasteiger partial charge is 0.286 e. The predicted octanol–water partition coefficient (Wildman–Crippen LogP) is 4.36. The number of nitrogens with zero attached hydrogens (tertiary/aromatic N) is 2. The molecule has 1 amide bonds. The summed E-state index contributed by atoms with van der Waals surface area (Å²) in [4.78, 5) is 12.2. The Bertz CT molecular complexity index is 1020. The molecule has 0 saturated heterocycles. The maximum Gasteiger partial charge on any atom is 0.286 e. The van der Waals surface area contributed by atoms with Crippen LogP contribution in [0.2, 0.25) is 0 Å². The number of pyridine rings is 1. The van der Waals surface area contributed by atoms with Crippen LogP contribution in [0.1, 0.15) is 62.1 Å². The van der Waals surface area contributed by atoms with Gasteiger partial charge in [-0.1, -0.05) is 49.6 Å². The monoisotopic (exact) mass is 415 g/mol. The molecule has 3 aromatic rings. The number of rotatable bonds is 7. The van der Waals surface area contributed by atoms with Crippen molar-refractivity contribution < 1.29 is 9.36 Å². The topological polar surface area (TPSA) is 61.7 Å². The summed E-state index contributed by atoms with van der Waals surface area (Å²) in [6, 6.07) is 17.5. The van der Waals surface area contributed by atoms with Crippen molar-refractivity contribution in [1.82, 2.24) is 15.5 Å². The van der Waals surface area contributed by atoms with E-state index in [1.165, 1.54) is 37.7 Å². The number of aromatic nitrogens is 3. The molecule has 2 saturated carbocycles. The van der Waals surface area contributed by atoms with Gasteiger partial charge in [-0.05, 0) is 49.3 Å². The van der Waals surface area contributed by atoms with E-state index in [1.54, 1.807) is 0 Å². The van der Waals surface area contributed by atoms with Crippen LogP contribution < -0.4 is 9.88 Å². The van der Waals surface area contributed by atoms with E-state index in [-0.39, 0.29) is 5.91 Å². The molecule has 1 aromatic carbocycles. The van der Waals surface area contributed by atoms with Gasteiger partial charge >= 0.3 is 0 Å². The van der Waals surface area contributed by atoms with E-state index in [0.717, 1.165) is 29.8 Å². The van der Waals surface area contributed by atoms with Gasteiger partial charge in [-0.3, -0.25) is 9.89 Å². The summed E-state index contributed by atoms with van der Waals surface area (Å²) < 4.78 is 1.95. The highest BCUT2D eigenvalue weighted by Crippen LogP contribution is 2.40. The van der Waals surface area contributed by atoms with E-state index in [2.05, 4.69) is 52.9 Å². The minimum atomic E-state index is 0.0800. The molecule has 31 heavy (non-hydrogen) atoms. The van der Waals surface area contributed by atoms with Gasteiger partial charge in [0.2, 0.25) is 6.54 Å². The van der Waals surface area contributed by atoms with Crippen molar-refractivity contribution in [1.29, 1.82) is 0 Å². The van der Waals surface area contributed by atoms with Gasteiger partial charge in [0, 0.05) is 18.0 Å². The third kappa shape index (κ3) is 4.87.